The van der Waals surface area contributed by atoms with E-state index in [0.717, 1.165) is 25.9 Å². The summed E-state index contributed by atoms with van der Waals surface area (Å²) in [5.41, 5.74) is 1.34. The summed E-state index contributed by atoms with van der Waals surface area (Å²) in [5.74, 6) is -0.424. The molecule has 2 unspecified atom stereocenters. The van der Waals surface area contributed by atoms with Crippen LogP contribution in [0.4, 0.5) is 0 Å². The molecule has 1 aromatic rings. The molecule has 1 aliphatic heterocycles. The molecule has 2 atom stereocenters. The van der Waals surface area contributed by atoms with Crippen molar-refractivity contribution in [2.45, 2.75) is 51.4 Å². The van der Waals surface area contributed by atoms with E-state index in [1.54, 1.807) is 0 Å². The molecule has 1 fully saturated rings. The lowest BCUT2D eigenvalue weighted by Gasteiger charge is -2.23. The summed E-state index contributed by atoms with van der Waals surface area (Å²) in [5, 5.41) is 3.43. The molecule has 1 aromatic carbocycles. The quantitative estimate of drug-likeness (QED) is 0.741. The first kappa shape index (κ1) is 15.5. The largest absolute Gasteiger partial charge is 0.347 e. The fraction of sp³-hybridized carbons (Fsp3) is 0.647. The summed E-state index contributed by atoms with van der Waals surface area (Å²) in [4.78, 5) is 0. The van der Waals surface area contributed by atoms with Crippen LogP contribution in [0, 0.1) is 0 Å². The Morgan fingerprint density at radius 3 is 2.85 bits per heavy atom. The van der Waals surface area contributed by atoms with Crippen LogP contribution < -0.4 is 5.32 Å². The van der Waals surface area contributed by atoms with Crippen LogP contribution >= 0.6 is 0 Å². The van der Waals surface area contributed by atoms with Gasteiger partial charge in [-0.1, -0.05) is 43.7 Å². The smallest absolute Gasteiger partial charge is 0.166 e. The Labute approximate surface area is 122 Å². The molecule has 0 aromatic heterocycles. The van der Waals surface area contributed by atoms with Crippen LogP contribution in [0.1, 0.15) is 38.7 Å². The molecule has 20 heavy (non-hydrogen) atoms. The van der Waals surface area contributed by atoms with Gasteiger partial charge in [-0.3, -0.25) is 0 Å². The van der Waals surface area contributed by atoms with Crippen molar-refractivity contribution in [3.05, 3.63) is 35.9 Å². The number of hydrogen-bond donors (Lipinski definition) is 1. The van der Waals surface area contributed by atoms with Gasteiger partial charge in [0, 0.05) is 13.0 Å². The minimum Gasteiger partial charge on any atom is -0.347 e. The van der Waals surface area contributed by atoms with Crippen molar-refractivity contribution in [2.75, 3.05) is 19.7 Å². The van der Waals surface area contributed by atoms with Gasteiger partial charge in [0.2, 0.25) is 0 Å². The zero-order chi connectivity index (χ0) is 14.3. The maximum atomic E-state index is 6.07. The second-order valence-corrected chi connectivity index (χ2v) is 5.73. The van der Waals surface area contributed by atoms with Crippen LogP contribution in [0.5, 0.6) is 0 Å². The van der Waals surface area contributed by atoms with Crippen LogP contribution in [0.15, 0.2) is 30.3 Å². The second-order valence-electron chi connectivity index (χ2n) is 5.73. The van der Waals surface area contributed by atoms with E-state index in [4.69, 9.17) is 9.47 Å². The summed E-state index contributed by atoms with van der Waals surface area (Å²) in [6.45, 7) is 6.92. The molecular formula is C17H27NO2. The monoisotopic (exact) mass is 277 g/mol. The first-order valence-corrected chi connectivity index (χ1v) is 7.78. The lowest BCUT2D eigenvalue weighted by Crippen LogP contribution is -2.32. The van der Waals surface area contributed by atoms with Gasteiger partial charge in [0.1, 0.15) is 0 Å². The number of ether oxygens (including phenoxy) is 2. The van der Waals surface area contributed by atoms with Gasteiger partial charge >= 0.3 is 0 Å². The Hall–Kier alpha value is -0.900. The molecule has 0 bridgehead atoms. The first-order chi connectivity index (χ1) is 9.72. The van der Waals surface area contributed by atoms with Gasteiger partial charge in [0.25, 0.3) is 0 Å². The van der Waals surface area contributed by atoms with E-state index in [1.807, 2.05) is 6.07 Å². The molecule has 1 aliphatic rings. The van der Waals surface area contributed by atoms with Gasteiger partial charge in [-0.05, 0) is 31.9 Å². The number of unbranched alkanes of at least 4 members (excludes halogenated alkanes) is 1. The summed E-state index contributed by atoms with van der Waals surface area (Å²) >= 11 is 0. The molecule has 0 radical (unpaired) electrons. The van der Waals surface area contributed by atoms with E-state index in [1.165, 1.54) is 18.4 Å². The summed E-state index contributed by atoms with van der Waals surface area (Å²) in [6.07, 6.45) is 4.53. The standard InChI is InChI=1S/C17H27NO2/c1-3-4-12-18-13-16-14-19-17(2,20-16)11-10-15-8-6-5-7-9-15/h5-9,16,18H,3-4,10-14H2,1-2H3. The van der Waals surface area contributed by atoms with Crippen LogP contribution in [-0.2, 0) is 15.9 Å². The van der Waals surface area contributed by atoms with E-state index >= 15 is 0 Å². The van der Waals surface area contributed by atoms with Gasteiger partial charge in [0.05, 0.1) is 12.7 Å². The first-order valence-electron chi connectivity index (χ1n) is 7.78. The summed E-state index contributed by atoms with van der Waals surface area (Å²) < 4.78 is 11.9. The molecule has 3 nitrogen and oxygen atoms in total. The molecule has 2 rings (SSSR count). The Morgan fingerprint density at radius 1 is 1.30 bits per heavy atom. The second kappa shape index (κ2) is 7.77. The molecule has 1 N–H and O–H groups in total. The lowest BCUT2D eigenvalue weighted by molar-refractivity contribution is -0.157. The van der Waals surface area contributed by atoms with Crippen molar-refractivity contribution in [1.29, 1.82) is 0 Å². The van der Waals surface area contributed by atoms with Gasteiger partial charge in [0.15, 0.2) is 5.79 Å². The van der Waals surface area contributed by atoms with Crippen molar-refractivity contribution < 1.29 is 9.47 Å². The molecule has 0 aliphatic carbocycles. The Kier molecular flexibility index (Phi) is 6.02. The summed E-state index contributed by atoms with van der Waals surface area (Å²) in [6, 6.07) is 10.5. The summed E-state index contributed by atoms with van der Waals surface area (Å²) in [7, 11) is 0. The number of hydrogen-bond acceptors (Lipinski definition) is 3. The average molecular weight is 277 g/mol. The predicted octanol–water partition coefficient (Wildman–Crippen LogP) is 3.14. The van der Waals surface area contributed by atoms with E-state index in [9.17, 15) is 0 Å². The van der Waals surface area contributed by atoms with Gasteiger partial charge < -0.3 is 14.8 Å². The van der Waals surface area contributed by atoms with Crippen LogP contribution in [0.3, 0.4) is 0 Å². The predicted molar refractivity (Wildman–Crippen MR) is 81.8 cm³/mol. The third-order valence-corrected chi connectivity index (χ3v) is 3.78. The highest BCUT2D eigenvalue weighted by molar-refractivity contribution is 5.14. The highest BCUT2D eigenvalue weighted by Crippen LogP contribution is 2.28. The van der Waals surface area contributed by atoms with Crippen molar-refractivity contribution in [2.24, 2.45) is 0 Å². The van der Waals surface area contributed by atoms with Crippen molar-refractivity contribution in [3.63, 3.8) is 0 Å². The fourth-order valence-corrected chi connectivity index (χ4v) is 2.50. The zero-order valence-electron chi connectivity index (χ0n) is 12.7. The fourth-order valence-electron chi connectivity index (χ4n) is 2.50. The average Bonchev–Trinajstić information content (AvgIpc) is 2.85. The number of aryl methyl sites for hydroxylation is 1. The Balaban J connectivity index is 1.70. The topological polar surface area (TPSA) is 30.5 Å². The van der Waals surface area contributed by atoms with Crippen LogP contribution in [-0.4, -0.2) is 31.6 Å². The molecule has 1 heterocycles. The molecule has 0 spiro atoms. The minimum absolute atomic E-state index is 0.188. The molecule has 3 heteroatoms. The van der Waals surface area contributed by atoms with Gasteiger partial charge in [-0.25, -0.2) is 0 Å². The normalized spacial score (nSPS) is 26.0. The molecule has 0 amide bonds. The Bertz CT molecular complexity index is 382. The number of nitrogens with one attached hydrogen (secondary N) is 1. The SMILES string of the molecule is CCCCNCC1COC(C)(CCc2ccccc2)O1. The van der Waals surface area contributed by atoms with E-state index in [2.05, 4.69) is 43.4 Å². The third kappa shape index (κ3) is 4.89. The van der Waals surface area contributed by atoms with Gasteiger partial charge in [-0.2, -0.15) is 0 Å². The molecular weight excluding hydrogens is 250 g/mol. The van der Waals surface area contributed by atoms with Crippen molar-refractivity contribution in [3.8, 4) is 0 Å². The van der Waals surface area contributed by atoms with Gasteiger partial charge in [-0.15, -0.1) is 0 Å². The van der Waals surface area contributed by atoms with E-state index in [0.29, 0.717) is 6.61 Å². The lowest BCUT2D eigenvalue weighted by atomic mass is 10.1. The van der Waals surface area contributed by atoms with E-state index < -0.39 is 5.79 Å². The Morgan fingerprint density at radius 2 is 2.10 bits per heavy atom. The minimum atomic E-state index is -0.424. The van der Waals surface area contributed by atoms with Crippen LogP contribution in [0.2, 0.25) is 0 Å². The molecule has 1 saturated heterocycles. The molecule has 0 saturated carbocycles. The highest BCUT2D eigenvalue weighted by atomic mass is 16.7. The highest BCUT2D eigenvalue weighted by Gasteiger charge is 2.36. The maximum absolute atomic E-state index is 6.07. The number of benzene rings is 1. The van der Waals surface area contributed by atoms with Crippen molar-refractivity contribution in [1.82, 2.24) is 5.32 Å². The van der Waals surface area contributed by atoms with Crippen LogP contribution in [0.25, 0.3) is 0 Å². The van der Waals surface area contributed by atoms with E-state index in [-0.39, 0.29) is 6.10 Å². The third-order valence-electron chi connectivity index (χ3n) is 3.78. The maximum Gasteiger partial charge on any atom is 0.166 e. The molecule has 112 valence electrons. The number of rotatable bonds is 8. The van der Waals surface area contributed by atoms with Crippen molar-refractivity contribution >= 4 is 0 Å². The zero-order valence-corrected chi connectivity index (χ0v) is 12.7.